The van der Waals surface area contributed by atoms with Crippen molar-refractivity contribution in [1.29, 1.82) is 0 Å². The topological polar surface area (TPSA) is 118 Å². The van der Waals surface area contributed by atoms with Gasteiger partial charge in [0.25, 0.3) is 0 Å². The van der Waals surface area contributed by atoms with Crippen LogP contribution < -0.4 is 16.8 Å². The lowest BCUT2D eigenvalue weighted by Gasteiger charge is -2.46. The van der Waals surface area contributed by atoms with E-state index in [2.05, 4.69) is 29.1 Å². The zero-order valence-corrected chi connectivity index (χ0v) is 21.5. The summed E-state index contributed by atoms with van der Waals surface area (Å²) < 4.78 is 5.65. The number of esters is 1. The monoisotopic (exact) mass is 476 g/mol. The van der Waals surface area contributed by atoms with E-state index in [9.17, 15) is 4.79 Å². The molecule has 0 saturated carbocycles. The largest absolute Gasteiger partial charge is 0.465 e. The van der Waals surface area contributed by atoms with E-state index in [1.54, 1.807) is 0 Å². The Morgan fingerprint density at radius 3 is 2.56 bits per heavy atom. The Balaban J connectivity index is 1.42. The summed E-state index contributed by atoms with van der Waals surface area (Å²) in [5.74, 6) is 0.839. The zero-order chi connectivity index (χ0) is 24.3. The number of carbonyl (C=O) groups is 1. The summed E-state index contributed by atoms with van der Waals surface area (Å²) in [4.78, 5) is 24.3. The predicted molar refractivity (Wildman–Crippen MR) is 139 cm³/mol. The molecule has 8 heteroatoms. The molecule has 3 aliphatic rings. The summed E-state index contributed by atoms with van der Waals surface area (Å²) in [5, 5.41) is 3.73. The smallest absolute Gasteiger partial charge is 0.313 e. The van der Waals surface area contributed by atoms with Crippen LogP contribution in [0.5, 0.6) is 0 Å². The summed E-state index contributed by atoms with van der Waals surface area (Å²) in [5.41, 5.74) is 10.7. The number of ether oxygens (including phenoxy) is 1. The van der Waals surface area contributed by atoms with Crippen molar-refractivity contribution in [3.63, 3.8) is 0 Å². The number of aliphatic imine (C=N–C) groups is 2. The van der Waals surface area contributed by atoms with Crippen LogP contribution in [0.25, 0.3) is 0 Å². The molecule has 0 unspecified atom stereocenters. The standard InChI is InChI=1S/C26H48N6O2/c1-3-4-5-6-7-8-9-10-13-20-18-21-14-15-22-23(19(2)30-26(31-20)32(21)22)24(33)34-17-12-11-16-29-25(27)28/h19-23H,3-18H2,1-2H3,(H,30,31)(H4,27,28,29)/t19-,20+,21-,22+,23+/m1/s1. The van der Waals surface area contributed by atoms with E-state index >= 15 is 0 Å². The van der Waals surface area contributed by atoms with Crippen LogP contribution in [0.4, 0.5) is 0 Å². The van der Waals surface area contributed by atoms with Gasteiger partial charge in [-0.2, -0.15) is 0 Å². The minimum atomic E-state index is -0.183. The van der Waals surface area contributed by atoms with Gasteiger partial charge in [-0.25, -0.2) is 4.99 Å². The number of nitrogens with one attached hydrogen (secondary N) is 1. The van der Waals surface area contributed by atoms with Crippen LogP contribution in [0.15, 0.2) is 9.98 Å². The molecule has 2 fully saturated rings. The van der Waals surface area contributed by atoms with E-state index < -0.39 is 0 Å². The summed E-state index contributed by atoms with van der Waals surface area (Å²) in [6.45, 7) is 5.31. The Labute approximate surface area is 206 Å². The third kappa shape index (κ3) is 7.51. The Bertz CT molecular complexity index is 693. The number of rotatable bonds is 15. The third-order valence-corrected chi connectivity index (χ3v) is 7.71. The summed E-state index contributed by atoms with van der Waals surface area (Å²) in [7, 11) is 0. The Kier molecular flexibility index (Phi) is 10.8. The molecule has 5 N–H and O–H groups in total. The Morgan fingerprint density at radius 2 is 1.82 bits per heavy atom. The van der Waals surface area contributed by atoms with Crippen LogP contribution in [0.1, 0.15) is 104 Å². The normalized spacial score (nSPS) is 27.5. The van der Waals surface area contributed by atoms with Crippen LogP contribution in [-0.2, 0) is 9.53 Å². The van der Waals surface area contributed by atoms with E-state index in [4.69, 9.17) is 21.2 Å². The van der Waals surface area contributed by atoms with Crippen molar-refractivity contribution in [1.82, 2.24) is 10.2 Å². The van der Waals surface area contributed by atoms with E-state index in [-0.39, 0.29) is 29.9 Å². The molecular weight excluding hydrogens is 428 g/mol. The Hall–Kier alpha value is -1.99. The molecule has 0 aromatic rings. The van der Waals surface area contributed by atoms with Gasteiger partial charge in [-0.15, -0.1) is 0 Å². The first-order valence-corrected chi connectivity index (χ1v) is 13.9. The second-order valence-electron chi connectivity index (χ2n) is 10.4. The van der Waals surface area contributed by atoms with Crippen LogP contribution >= 0.6 is 0 Å². The highest BCUT2D eigenvalue weighted by molar-refractivity contribution is 5.86. The summed E-state index contributed by atoms with van der Waals surface area (Å²) in [6, 6.07) is 1.17. The van der Waals surface area contributed by atoms with Crippen molar-refractivity contribution in [2.75, 3.05) is 13.2 Å². The van der Waals surface area contributed by atoms with Gasteiger partial charge >= 0.3 is 5.97 Å². The molecule has 0 aliphatic carbocycles. The fraction of sp³-hybridized carbons (Fsp3) is 0.885. The molecule has 3 heterocycles. The highest BCUT2D eigenvalue weighted by Gasteiger charge is 2.50. The van der Waals surface area contributed by atoms with Gasteiger partial charge in [0, 0.05) is 24.7 Å². The second kappa shape index (κ2) is 13.8. The molecule has 0 aromatic heterocycles. The van der Waals surface area contributed by atoms with Crippen molar-refractivity contribution in [2.24, 2.45) is 27.4 Å². The maximum Gasteiger partial charge on any atom is 0.313 e. The summed E-state index contributed by atoms with van der Waals surface area (Å²) in [6.07, 6.45) is 17.0. The fourth-order valence-corrected chi connectivity index (χ4v) is 5.93. The number of hydrogen-bond acceptors (Lipinski definition) is 6. The van der Waals surface area contributed by atoms with E-state index in [0.717, 1.165) is 38.1 Å². The highest BCUT2D eigenvalue weighted by atomic mass is 16.5. The van der Waals surface area contributed by atoms with Crippen LogP contribution in [0, 0.1) is 5.92 Å². The van der Waals surface area contributed by atoms with Crippen LogP contribution in [0.2, 0.25) is 0 Å². The number of unbranched alkanes of at least 4 members (excludes halogenated alkanes) is 8. The molecule has 0 spiro atoms. The van der Waals surface area contributed by atoms with Gasteiger partial charge in [0.2, 0.25) is 0 Å². The molecule has 3 aliphatic heterocycles. The Morgan fingerprint density at radius 1 is 1.09 bits per heavy atom. The molecule has 0 aromatic carbocycles. The average molecular weight is 477 g/mol. The molecule has 0 bridgehead atoms. The minimum Gasteiger partial charge on any atom is -0.465 e. The van der Waals surface area contributed by atoms with Crippen molar-refractivity contribution < 1.29 is 9.53 Å². The van der Waals surface area contributed by atoms with Crippen molar-refractivity contribution in [3.05, 3.63) is 0 Å². The van der Waals surface area contributed by atoms with E-state index in [1.165, 1.54) is 57.8 Å². The van der Waals surface area contributed by atoms with Crippen molar-refractivity contribution >= 4 is 17.9 Å². The number of nitrogens with zero attached hydrogens (tertiary/aromatic N) is 3. The van der Waals surface area contributed by atoms with Crippen LogP contribution in [-0.4, -0.2) is 60.1 Å². The molecular formula is C26H48N6O2. The lowest BCUT2D eigenvalue weighted by Crippen LogP contribution is -2.63. The quantitative estimate of drug-likeness (QED) is 0.144. The van der Waals surface area contributed by atoms with Gasteiger partial charge < -0.3 is 26.4 Å². The van der Waals surface area contributed by atoms with Gasteiger partial charge in [-0.1, -0.05) is 58.3 Å². The second-order valence-corrected chi connectivity index (χ2v) is 10.4. The summed E-state index contributed by atoms with van der Waals surface area (Å²) >= 11 is 0. The lowest BCUT2D eigenvalue weighted by atomic mass is 9.89. The molecule has 34 heavy (non-hydrogen) atoms. The molecule has 8 nitrogen and oxygen atoms in total. The molecule has 3 rings (SSSR count). The first kappa shape index (κ1) is 26.6. The molecule has 0 radical (unpaired) electrons. The van der Waals surface area contributed by atoms with Gasteiger partial charge in [0.1, 0.15) is 0 Å². The number of guanidine groups is 2. The number of hydrogen-bond donors (Lipinski definition) is 3. The van der Waals surface area contributed by atoms with Crippen LogP contribution in [0.3, 0.4) is 0 Å². The van der Waals surface area contributed by atoms with Gasteiger partial charge in [-0.05, 0) is 45.4 Å². The van der Waals surface area contributed by atoms with Gasteiger partial charge in [0.15, 0.2) is 11.9 Å². The maximum absolute atomic E-state index is 13.0. The highest BCUT2D eigenvalue weighted by Crippen LogP contribution is 2.39. The van der Waals surface area contributed by atoms with E-state index in [1.807, 2.05) is 0 Å². The maximum atomic E-state index is 13.0. The minimum absolute atomic E-state index is 0.0569. The SMILES string of the molecule is CCCCCCCCCC[C@H]1C[C@H]2CC[C@H]3[C@@H](C(=O)OCCCCN=C(N)N)[C@@H](C)N=C(N1)N23. The molecule has 0 amide bonds. The molecule has 5 atom stereocenters. The number of carbonyl (C=O) groups excluding carboxylic acids is 1. The van der Waals surface area contributed by atoms with Crippen molar-refractivity contribution in [2.45, 2.75) is 128 Å². The van der Waals surface area contributed by atoms with E-state index in [0.29, 0.717) is 25.2 Å². The van der Waals surface area contributed by atoms with Crippen molar-refractivity contribution in [3.8, 4) is 0 Å². The fourth-order valence-electron chi connectivity index (χ4n) is 5.93. The first-order chi connectivity index (χ1) is 16.5. The molecule has 2 saturated heterocycles. The van der Waals surface area contributed by atoms with Gasteiger partial charge in [-0.3, -0.25) is 9.79 Å². The number of nitrogens with two attached hydrogens (primary N) is 2. The first-order valence-electron chi connectivity index (χ1n) is 13.9. The average Bonchev–Trinajstić information content (AvgIpc) is 3.22. The van der Waals surface area contributed by atoms with Gasteiger partial charge in [0.05, 0.1) is 18.6 Å². The zero-order valence-electron chi connectivity index (χ0n) is 21.5. The predicted octanol–water partition coefficient (Wildman–Crippen LogP) is 3.68. The lowest BCUT2D eigenvalue weighted by molar-refractivity contribution is -0.151. The molecule has 194 valence electrons. The third-order valence-electron chi connectivity index (χ3n) is 7.71.